The van der Waals surface area contributed by atoms with Crippen LogP contribution in [0.1, 0.15) is 11.1 Å². The van der Waals surface area contributed by atoms with E-state index in [-0.39, 0.29) is 24.8 Å². The molecule has 0 aliphatic carbocycles. The summed E-state index contributed by atoms with van der Waals surface area (Å²) in [6.07, 6.45) is 4.40. The smallest absolute Gasteiger partial charge is 0.0240 e. The van der Waals surface area contributed by atoms with Crippen molar-refractivity contribution in [2.24, 2.45) is 0 Å². The van der Waals surface area contributed by atoms with Crippen molar-refractivity contribution in [2.45, 2.75) is 6.54 Å². The summed E-state index contributed by atoms with van der Waals surface area (Å²) in [5.41, 5.74) is 2.63. The Morgan fingerprint density at radius 1 is 0.792 bits per heavy atom. The maximum absolute atomic E-state index is 2.33. The lowest BCUT2D eigenvalue weighted by Crippen LogP contribution is -2.17. The molecule has 0 saturated carbocycles. The fourth-order valence-electron chi connectivity index (χ4n) is 2.72. The van der Waals surface area contributed by atoms with E-state index < -0.39 is 0 Å². The topological polar surface area (TPSA) is 3.24 Å². The molecule has 3 rings (SSSR count). The molecule has 0 spiro atoms. The van der Waals surface area contributed by atoms with Crippen LogP contribution in [-0.4, -0.2) is 18.5 Å². The Labute approximate surface area is 156 Å². The lowest BCUT2D eigenvalue weighted by molar-refractivity contribution is 0.365. The van der Waals surface area contributed by atoms with Gasteiger partial charge in [0.1, 0.15) is 0 Å². The van der Waals surface area contributed by atoms with E-state index in [0.29, 0.717) is 0 Å². The Hall–Kier alpha value is -1.80. The average Bonchev–Trinajstić information content (AvgIpc) is 2.56. The molecule has 0 saturated heterocycles. The number of rotatable bonds is 5. The molecule has 3 heteroatoms. The second-order valence-corrected chi connectivity index (χ2v) is 5.65. The highest BCUT2D eigenvalue weighted by Crippen LogP contribution is 2.19. The fraction of sp³-hybridized carbons (Fsp3) is 0.143. The predicted octanol–water partition coefficient (Wildman–Crippen LogP) is 5.83. The molecule has 3 aromatic rings. The molecular formula is C21H23Cl2N. The maximum Gasteiger partial charge on any atom is 0.0240 e. The van der Waals surface area contributed by atoms with E-state index in [0.717, 1.165) is 13.1 Å². The predicted molar refractivity (Wildman–Crippen MR) is 110 cm³/mol. The number of halogens is 2. The van der Waals surface area contributed by atoms with Crippen LogP contribution in [0.5, 0.6) is 0 Å². The van der Waals surface area contributed by atoms with Gasteiger partial charge in [-0.2, -0.15) is 0 Å². The Morgan fingerprint density at radius 3 is 2.25 bits per heavy atom. The molecule has 0 atom stereocenters. The lowest BCUT2D eigenvalue weighted by Gasteiger charge is -2.16. The Kier molecular flexibility index (Phi) is 8.56. The van der Waals surface area contributed by atoms with Gasteiger partial charge >= 0.3 is 0 Å². The molecule has 0 bridgehead atoms. The third-order valence-corrected chi connectivity index (χ3v) is 3.85. The molecule has 0 heterocycles. The van der Waals surface area contributed by atoms with Crippen molar-refractivity contribution in [3.63, 3.8) is 0 Å². The van der Waals surface area contributed by atoms with Crippen LogP contribution in [0.4, 0.5) is 0 Å². The molecule has 0 N–H and O–H groups in total. The van der Waals surface area contributed by atoms with Crippen LogP contribution in [0.25, 0.3) is 16.8 Å². The quantitative estimate of drug-likeness (QED) is 0.553. The molecule has 24 heavy (non-hydrogen) atoms. The second kappa shape index (κ2) is 10.1. The molecule has 0 amide bonds. The van der Waals surface area contributed by atoms with Crippen LogP contribution in [0.2, 0.25) is 0 Å². The van der Waals surface area contributed by atoms with Gasteiger partial charge in [0.2, 0.25) is 0 Å². The van der Waals surface area contributed by atoms with Gasteiger partial charge < -0.3 is 0 Å². The Morgan fingerprint density at radius 2 is 1.46 bits per heavy atom. The Bertz CT molecular complexity index is 764. The van der Waals surface area contributed by atoms with Crippen LogP contribution in [0, 0.1) is 0 Å². The second-order valence-electron chi connectivity index (χ2n) is 5.65. The van der Waals surface area contributed by atoms with Crippen molar-refractivity contribution in [1.29, 1.82) is 0 Å². The van der Waals surface area contributed by atoms with Crippen molar-refractivity contribution in [1.82, 2.24) is 4.90 Å². The van der Waals surface area contributed by atoms with Gasteiger partial charge in [-0.15, -0.1) is 24.8 Å². The monoisotopic (exact) mass is 359 g/mol. The zero-order valence-electron chi connectivity index (χ0n) is 13.8. The molecule has 0 unspecified atom stereocenters. The molecule has 0 aliphatic rings. The van der Waals surface area contributed by atoms with Gasteiger partial charge in [0, 0.05) is 13.1 Å². The highest BCUT2D eigenvalue weighted by atomic mass is 35.5. The third kappa shape index (κ3) is 5.38. The minimum absolute atomic E-state index is 0. The number of hydrogen-bond acceptors (Lipinski definition) is 1. The van der Waals surface area contributed by atoms with Gasteiger partial charge in [-0.25, -0.2) is 0 Å². The average molecular weight is 360 g/mol. The lowest BCUT2D eigenvalue weighted by atomic mass is 10.0. The van der Waals surface area contributed by atoms with Crippen molar-refractivity contribution in [3.8, 4) is 0 Å². The van der Waals surface area contributed by atoms with Crippen LogP contribution in [0.3, 0.4) is 0 Å². The number of benzene rings is 3. The summed E-state index contributed by atoms with van der Waals surface area (Å²) in [7, 11) is 2.16. The first kappa shape index (κ1) is 20.2. The largest absolute Gasteiger partial charge is 0.298 e. The zero-order chi connectivity index (χ0) is 15.2. The van der Waals surface area contributed by atoms with E-state index >= 15 is 0 Å². The van der Waals surface area contributed by atoms with Gasteiger partial charge in [0.05, 0.1) is 0 Å². The van der Waals surface area contributed by atoms with Crippen molar-refractivity contribution in [2.75, 3.05) is 13.6 Å². The number of hydrogen-bond donors (Lipinski definition) is 0. The highest BCUT2D eigenvalue weighted by molar-refractivity contribution is 5.86. The third-order valence-electron chi connectivity index (χ3n) is 3.85. The first-order valence-corrected chi connectivity index (χ1v) is 7.70. The first-order valence-electron chi connectivity index (χ1n) is 7.70. The van der Waals surface area contributed by atoms with E-state index in [1.807, 2.05) is 6.07 Å². The maximum atomic E-state index is 2.33. The van der Waals surface area contributed by atoms with E-state index in [1.54, 1.807) is 0 Å². The summed E-state index contributed by atoms with van der Waals surface area (Å²) < 4.78 is 0. The number of fused-ring (bicyclic) bond motifs is 1. The van der Waals surface area contributed by atoms with Crippen LogP contribution in [-0.2, 0) is 6.54 Å². The molecule has 1 nitrogen and oxygen atoms in total. The molecule has 0 aliphatic heterocycles. The first-order chi connectivity index (χ1) is 10.8. The summed E-state index contributed by atoms with van der Waals surface area (Å²) >= 11 is 0. The van der Waals surface area contributed by atoms with E-state index in [4.69, 9.17) is 0 Å². The molecular weight excluding hydrogens is 337 g/mol. The van der Waals surface area contributed by atoms with Crippen molar-refractivity contribution < 1.29 is 0 Å². The van der Waals surface area contributed by atoms with Gasteiger partial charge in [0.15, 0.2) is 0 Å². The standard InChI is InChI=1S/C21H21N.2ClH/c1-22(16-8-11-18-9-3-2-4-10-18)17-20-14-7-13-19-12-5-6-15-21(19)20;;/h2-15H,16-17H2,1H3;2*1H/b11-8+;;. The summed E-state index contributed by atoms with van der Waals surface area (Å²) in [5, 5.41) is 2.66. The van der Waals surface area contributed by atoms with E-state index in [9.17, 15) is 0 Å². The summed E-state index contributed by atoms with van der Waals surface area (Å²) in [5.74, 6) is 0. The molecule has 126 valence electrons. The summed E-state index contributed by atoms with van der Waals surface area (Å²) in [4.78, 5) is 2.33. The van der Waals surface area contributed by atoms with Gasteiger partial charge in [0.25, 0.3) is 0 Å². The van der Waals surface area contributed by atoms with Gasteiger partial charge in [-0.1, -0.05) is 84.9 Å². The van der Waals surface area contributed by atoms with E-state index in [1.165, 1.54) is 21.9 Å². The molecule has 0 radical (unpaired) electrons. The fourth-order valence-corrected chi connectivity index (χ4v) is 2.72. The molecule has 3 aromatic carbocycles. The minimum Gasteiger partial charge on any atom is -0.298 e. The SMILES string of the molecule is CN(C/C=C/c1ccccc1)Cc1cccc2ccccc12.Cl.Cl. The molecule has 0 fully saturated rings. The van der Waals surface area contributed by atoms with Crippen molar-refractivity contribution in [3.05, 3.63) is 90.0 Å². The Balaban J connectivity index is 0.00000144. The van der Waals surface area contributed by atoms with Gasteiger partial charge in [-0.05, 0) is 28.9 Å². The zero-order valence-corrected chi connectivity index (χ0v) is 15.4. The summed E-state index contributed by atoms with van der Waals surface area (Å²) in [6, 6.07) is 25.6. The van der Waals surface area contributed by atoms with Crippen molar-refractivity contribution >= 4 is 41.7 Å². The highest BCUT2D eigenvalue weighted by Gasteiger charge is 2.03. The van der Waals surface area contributed by atoms with Crippen LogP contribution < -0.4 is 0 Å². The number of likely N-dealkylation sites (N-methyl/N-ethyl adjacent to an activating group) is 1. The molecule has 0 aromatic heterocycles. The normalized spacial score (nSPS) is 10.6. The summed E-state index contributed by atoms with van der Waals surface area (Å²) in [6.45, 7) is 1.90. The number of nitrogens with zero attached hydrogens (tertiary/aromatic N) is 1. The minimum atomic E-state index is 0. The van der Waals surface area contributed by atoms with Gasteiger partial charge in [-0.3, -0.25) is 4.90 Å². The van der Waals surface area contributed by atoms with Crippen LogP contribution >= 0.6 is 24.8 Å². The van der Waals surface area contributed by atoms with Crippen LogP contribution in [0.15, 0.2) is 78.9 Å². The van der Waals surface area contributed by atoms with E-state index in [2.05, 4.69) is 90.8 Å².